The topological polar surface area (TPSA) is 59.1 Å². The number of hydrogen-bond donors (Lipinski definition) is 1. The maximum atomic E-state index is 5.79. The van der Waals surface area contributed by atoms with Crippen molar-refractivity contribution in [1.29, 1.82) is 0 Å². The summed E-state index contributed by atoms with van der Waals surface area (Å²) < 4.78 is 7.88. The Kier molecular flexibility index (Phi) is 5.27. The van der Waals surface area contributed by atoms with Gasteiger partial charge in [0.1, 0.15) is 11.6 Å². The van der Waals surface area contributed by atoms with E-state index >= 15 is 0 Å². The second kappa shape index (κ2) is 8.24. The SMILES string of the molecule is Cc1cccnc1-n1c(C)cc([C@H]2[C@H](c3ccccn3)NC(=S)N2Cc2ccco2)c1C. The number of aromatic nitrogens is 3. The Morgan fingerprint density at radius 2 is 1.88 bits per heavy atom. The maximum absolute atomic E-state index is 5.79. The van der Waals surface area contributed by atoms with Crippen LogP contribution in [0, 0.1) is 20.8 Å². The van der Waals surface area contributed by atoms with Crippen LogP contribution in [0.1, 0.15) is 46.1 Å². The van der Waals surface area contributed by atoms with Gasteiger partial charge in [-0.15, -0.1) is 0 Å². The van der Waals surface area contributed by atoms with Gasteiger partial charge in [0, 0.05) is 23.8 Å². The first-order chi connectivity index (χ1) is 15.5. The van der Waals surface area contributed by atoms with Crippen LogP contribution in [0.3, 0.4) is 0 Å². The van der Waals surface area contributed by atoms with E-state index in [1.807, 2.05) is 48.8 Å². The molecule has 0 unspecified atom stereocenters. The van der Waals surface area contributed by atoms with Crippen LogP contribution in [0.15, 0.2) is 71.6 Å². The molecule has 6 nitrogen and oxygen atoms in total. The molecule has 4 aromatic rings. The second-order valence-corrected chi connectivity index (χ2v) is 8.53. The van der Waals surface area contributed by atoms with Crippen molar-refractivity contribution in [3.8, 4) is 5.82 Å². The van der Waals surface area contributed by atoms with Gasteiger partial charge in [0.05, 0.1) is 30.6 Å². The maximum Gasteiger partial charge on any atom is 0.170 e. The summed E-state index contributed by atoms with van der Waals surface area (Å²) in [5.74, 6) is 1.82. The highest BCUT2D eigenvalue weighted by atomic mass is 32.1. The van der Waals surface area contributed by atoms with Gasteiger partial charge in [-0.1, -0.05) is 12.1 Å². The van der Waals surface area contributed by atoms with Crippen molar-refractivity contribution < 1.29 is 4.42 Å². The van der Waals surface area contributed by atoms with E-state index in [4.69, 9.17) is 16.6 Å². The normalized spacial score (nSPS) is 18.2. The van der Waals surface area contributed by atoms with Gasteiger partial charge in [-0.05, 0) is 80.5 Å². The Morgan fingerprint density at radius 1 is 1.03 bits per heavy atom. The summed E-state index contributed by atoms with van der Waals surface area (Å²) >= 11 is 5.79. The van der Waals surface area contributed by atoms with Crippen molar-refractivity contribution in [2.24, 2.45) is 0 Å². The van der Waals surface area contributed by atoms with E-state index in [0.717, 1.165) is 34.2 Å². The lowest BCUT2D eigenvalue weighted by Crippen LogP contribution is -2.29. The predicted molar refractivity (Wildman–Crippen MR) is 127 cm³/mol. The van der Waals surface area contributed by atoms with E-state index in [-0.39, 0.29) is 12.1 Å². The Labute approximate surface area is 192 Å². The van der Waals surface area contributed by atoms with Crippen molar-refractivity contribution >= 4 is 17.3 Å². The molecule has 0 amide bonds. The highest BCUT2D eigenvalue weighted by Crippen LogP contribution is 2.42. The smallest absolute Gasteiger partial charge is 0.170 e. The molecular weight excluding hydrogens is 418 g/mol. The van der Waals surface area contributed by atoms with Crippen LogP contribution in [0.25, 0.3) is 5.82 Å². The first-order valence-electron chi connectivity index (χ1n) is 10.7. The summed E-state index contributed by atoms with van der Waals surface area (Å²) in [6, 6.07) is 16.1. The third kappa shape index (κ3) is 3.48. The molecule has 1 aliphatic heterocycles. The summed E-state index contributed by atoms with van der Waals surface area (Å²) in [6.45, 7) is 6.95. The van der Waals surface area contributed by atoms with E-state index in [0.29, 0.717) is 11.7 Å². The van der Waals surface area contributed by atoms with Gasteiger partial charge in [-0.25, -0.2) is 4.98 Å². The zero-order valence-electron chi connectivity index (χ0n) is 18.3. The molecule has 0 bridgehead atoms. The third-order valence-corrected chi connectivity index (χ3v) is 6.44. The largest absolute Gasteiger partial charge is 0.467 e. The average molecular weight is 444 g/mol. The molecule has 2 atom stereocenters. The van der Waals surface area contributed by atoms with Crippen LogP contribution in [0.2, 0.25) is 0 Å². The Bertz CT molecular complexity index is 1250. The molecule has 5 rings (SSSR count). The molecule has 5 heterocycles. The van der Waals surface area contributed by atoms with Gasteiger partial charge < -0.3 is 19.2 Å². The fourth-order valence-corrected chi connectivity index (χ4v) is 4.91. The van der Waals surface area contributed by atoms with Gasteiger partial charge in [0.25, 0.3) is 0 Å². The molecule has 1 saturated heterocycles. The lowest BCUT2D eigenvalue weighted by atomic mass is 9.96. The summed E-state index contributed by atoms with van der Waals surface area (Å²) in [5, 5.41) is 4.21. The van der Waals surface area contributed by atoms with Crippen LogP contribution in [-0.4, -0.2) is 24.5 Å². The number of rotatable bonds is 5. The van der Waals surface area contributed by atoms with E-state index in [1.165, 1.54) is 5.56 Å². The van der Waals surface area contributed by atoms with Crippen molar-refractivity contribution in [1.82, 2.24) is 24.8 Å². The Hall–Kier alpha value is -3.45. The predicted octanol–water partition coefficient (Wildman–Crippen LogP) is 4.96. The molecule has 1 fully saturated rings. The van der Waals surface area contributed by atoms with E-state index in [2.05, 4.69) is 57.7 Å². The molecular formula is C25H25N5OS. The van der Waals surface area contributed by atoms with Crippen molar-refractivity contribution in [2.45, 2.75) is 39.4 Å². The van der Waals surface area contributed by atoms with Crippen molar-refractivity contribution in [2.75, 3.05) is 0 Å². The van der Waals surface area contributed by atoms with Crippen LogP contribution >= 0.6 is 12.2 Å². The fraction of sp³-hybridized carbons (Fsp3) is 0.240. The quantitative estimate of drug-likeness (QED) is 0.440. The minimum Gasteiger partial charge on any atom is -0.467 e. The van der Waals surface area contributed by atoms with Gasteiger partial charge in [0.2, 0.25) is 0 Å². The van der Waals surface area contributed by atoms with E-state index in [1.54, 1.807) is 6.26 Å². The Balaban J connectivity index is 1.64. The fourth-order valence-electron chi connectivity index (χ4n) is 4.61. The summed E-state index contributed by atoms with van der Waals surface area (Å²) in [4.78, 5) is 11.5. The third-order valence-electron chi connectivity index (χ3n) is 6.09. The minimum atomic E-state index is -0.0718. The zero-order chi connectivity index (χ0) is 22.2. The standard InChI is InChI=1S/C25H25N5OS/c1-16-8-6-12-27-24(16)30-17(2)14-20(18(30)3)23-22(21-10-4-5-11-26-21)28-25(32)29(23)15-19-9-7-13-31-19/h4-14,22-23H,15H2,1-3H3,(H,28,32)/t22-,23-/m0/s1. The number of nitrogens with zero attached hydrogens (tertiary/aromatic N) is 4. The average Bonchev–Trinajstić information content (AvgIpc) is 3.49. The molecule has 32 heavy (non-hydrogen) atoms. The van der Waals surface area contributed by atoms with Crippen LogP contribution in [-0.2, 0) is 6.54 Å². The second-order valence-electron chi connectivity index (χ2n) is 8.14. The number of hydrogen-bond acceptors (Lipinski definition) is 4. The lowest BCUT2D eigenvalue weighted by molar-refractivity contribution is 0.286. The lowest BCUT2D eigenvalue weighted by Gasteiger charge is -2.27. The number of furan rings is 1. The van der Waals surface area contributed by atoms with Gasteiger partial charge in [0.15, 0.2) is 5.11 Å². The molecule has 0 saturated carbocycles. The van der Waals surface area contributed by atoms with E-state index < -0.39 is 0 Å². The van der Waals surface area contributed by atoms with Gasteiger partial charge in [-0.3, -0.25) is 4.98 Å². The number of nitrogens with one attached hydrogen (secondary N) is 1. The molecule has 0 aromatic carbocycles. The monoisotopic (exact) mass is 443 g/mol. The highest BCUT2D eigenvalue weighted by molar-refractivity contribution is 7.80. The molecule has 7 heteroatoms. The molecule has 1 N–H and O–H groups in total. The number of pyridine rings is 2. The summed E-state index contributed by atoms with van der Waals surface area (Å²) in [5.41, 5.74) is 5.57. The zero-order valence-corrected chi connectivity index (χ0v) is 19.1. The Morgan fingerprint density at radius 3 is 2.59 bits per heavy atom. The molecule has 4 aromatic heterocycles. The summed E-state index contributed by atoms with van der Waals surface area (Å²) in [7, 11) is 0. The van der Waals surface area contributed by atoms with Gasteiger partial charge in [-0.2, -0.15) is 0 Å². The van der Waals surface area contributed by atoms with Crippen LogP contribution in [0.5, 0.6) is 0 Å². The number of aryl methyl sites for hydroxylation is 2. The molecule has 0 radical (unpaired) electrons. The first kappa shape index (κ1) is 20.5. The molecule has 162 valence electrons. The molecule has 1 aliphatic rings. The van der Waals surface area contributed by atoms with E-state index in [9.17, 15) is 0 Å². The highest BCUT2D eigenvalue weighted by Gasteiger charge is 2.41. The van der Waals surface area contributed by atoms with Crippen LogP contribution in [0.4, 0.5) is 0 Å². The molecule has 0 aliphatic carbocycles. The van der Waals surface area contributed by atoms with Gasteiger partial charge >= 0.3 is 0 Å². The van der Waals surface area contributed by atoms with Crippen molar-refractivity contribution in [3.05, 3.63) is 101 Å². The first-order valence-corrected chi connectivity index (χ1v) is 11.1. The van der Waals surface area contributed by atoms with Crippen molar-refractivity contribution in [3.63, 3.8) is 0 Å². The minimum absolute atomic E-state index is 0.0357. The molecule has 0 spiro atoms. The number of thiocarbonyl (C=S) groups is 1. The summed E-state index contributed by atoms with van der Waals surface area (Å²) in [6.07, 6.45) is 5.36. The van der Waals surface area contributed by atoms with Crippen LogP contribution < -0.4 is 5.32 Å².